The van der Waals surface area contributed by atoms with E-state index in [0.29, 0.717) is 12.1 Å². The molecule has 0 heterocycles. The predicted molar refractivity (Wildman–Crippen MR) is 66.8 cm³/mol. The van der Waals surface area contributed by atoms with Gasteiger partial charge in [0.15, 0.2) is 0 Å². The molecule has 1 saturated carbocycles. The largest absolute Gasteiger partial charge is 0.466 e. The zero-order chi connectivity index (χ0) is 12.5. The summed E-state index contributed by atoms with van der Waals surface area (Å²) in [6.45, 7) is 5.12. The van der Waals surface area contributed by atoms with Crippen molar-refractivity contribution in [3.63, 3.8) is 0 Å². The van der Waals surface area contributed by atoms with Gasteiger partial charge in [-0.1, -0.05) is 6.08 Å². The molecule has 1 fully saturated rings. The summed E-state index contributed by atoms with van der Waals surface area (Å²) in [7, 11) is 1.39. The summed E-state index contributed by atoms with van der Waals surface area (Å²) < 4.78 is 10.1. The van der Waals surface area contributed by atoms with Gasteiger partial charge in [-0.15, -0.1) is 0 Å². The minimum Gasteiger partial charge on any atom is -0.466 e. The minimum atomic E-state index is -0.264. The second-order valence-corrected chi connectivity index (χ2v) is 4.45. The molecule has 0 spiro atoms. The topological polar surface area (TPSA) is 47.6 Å². The summed E-state index contributed by atoms with van der Waals surface area (Å²) in [5, 5.41) is 3.23. The van der Waals surface area contributed by atoms with Crippen LogP contribution in [0.2, 0.25) is 0 Å². The lowest BCUT2D eigenvalue weighted by Gasteiger charge is -2.04. The quantitative estimate of drug-likeness (QED) is 0.378. The number of carbonyl (C=O) groups is 1. The summed E-state index contributed by atoms with van der Waals surface area (Å²) in [5.41, 5.74) is 0.644. The highest BCUT2D eigenvalue weighted by Crippen LogP contribution is 2.28. The van der Waals surface area contributed by atoms with Gasteiger partial charge in [0.25, 0.3) is 0 Å². The molecule has 0 aliphatic heterocycles. The first-order valence-corrected chi connectivity index (χ1v) is 6.27. The van der Waals surface area contributed by atoms with E-state index in [1.165, 1.54) is 20.0 Å². The van der Waals surface area contributed by atoms with Gasteiger partial charge in [-0.2, -0.15) is 0 Å². The Kier molecular flexibility index (Phi) is 6.89. The van der Waals surface area contributed by atoms with Crippen LogP contribution in [0.1, 0.15) is 26.2 Å². The molecule has 0 aromatic rings. The van der Waals surface area contributed by atoms with Gasteiger partial charge < -0.3 is 14.8 Å². The fraction of sp³-hybridized carbons (Fsp3) is 0.769. The lowest BCUT2D eigenvalue weighted by atomic mass is 10.3. The van der Waals surface area contributed by atoms with Crippen molar-refractivity contribution in [3.8, 4) is 0 Å². The molecule has 4 heteroatoms. The van der Waals surface area contributed by atoms with Crippen LogP contribution in [0.5, 0.6) is 0 Å². The second kappa shape index (κ2) is 8.25. The van der Waals surface area contributed by atoms with Crippen LogP contribution in [0.15, 0.2) is 11.6 Å². The van der Waals surface area contributed by atoms with E-state index in [-0.39, 0.29) is 5.97 Å². The van der Waals surface area contributed by atoms with E-state index in [1.54, 1.807) is 6.92 Å². The van der Waals surface area contributed by atoms with Crippen molar-refractivity contribution in [1.82, 2.24) is 5.32 Å². The molecule has 1 aliphatic carbocycles. The Labute approximate surface area is 103 Å². The maximum atomic E-state index is 11.0. The smallest absolute Gasteiger partial charge is 0.333 e. The third-order valence-corrected chi connectivity index (χ3v) is 2.75. The molecule has 17 heavy (non-hydrogen) atoms. The number of hydrogen-bond donors (Lipinski definition) is 1. The number of hydrogen-bond acceptors (Lipinski definition) is 4. The normalized spacial score (nSPS) is 16.0. The first kappa shape index (κ1) is 14.2. The highest BCUT2D eigenvalue weighted by Gasteiger charge is 2.20. The van der Waals surface area contributed by atoms with E-state index in [0.717, 1.165) is 32.1 Å². The molecule has 0 aromatic carbocycles. The fourth-order valence-corrected chi connectivity index (χ4v) is 1.41. The van der Waals surface area contributed by atoms with Crippen molar-refractivity contribution in [2.24, 2.45) is 5.92 Å². The maximum Gasteiger partial charge on any atom is 0.333 e. The highest BCUT2D eigenvalue weighted by molar-refractivity contribution is 5.87. The van der Waals surface area contributed by atoms with Crippen molar-refractivity contribution in [3.05, 3.63) is 11.6 Å². The molecule has 98 valence electrons. The lowest BCUT2D eigenvalue weighted by Crippen LogP contribution is -2.18. The van der Waals surface area contributed by atoms with E-state index in [4.69, 9.17) is 4.74 Å². The zero-order valence-corrected chi connectivity index (χ0v) is 10.8. The average Bonchev–Trinajstić information content (AvgIpc) is 3.15. The number of nitrogens with one attached hydrogen (secondary N) is 1. The number of ether oxygens (including phenoxy) is 2. The molecule has 0 amide bonds. The summed E-state index contributed by atoms with van der Waals surface area (Å²) in [6.07, 6.45) is 5.54. The first-order valence-electron chi connectivity index (χ1n) is 6.27. The van der Waals surface area contributed by atoms with Crippen molar-refractivity contribution >= 4 is 5.97 Å². The molecule has 0 bridgehead atoms. The summed E-state index contributed by atoms with van der Waals surface area (Å²) in [5.74, 6) is 0.577. The molecule has 4 nitrogen and oxygen atoms in total. The Morgan fingerprint density at radius 2 is 2.24 bits per heavy atom. The van der Waals surface area contributed by atoms with Crippen LogP contribution in [0.3, 0.4) is 0 Å². The first-order chi connectivity index (χ1) is 8.24. The minimum absolute atomic E-state index is 0.264. The van der Waals surface area contributed by atoms with Gasteiger partial charge in [-0.3, -0.25) is 0 Å². The number of carbonyl (C=O) groups excluding carboxylic acids is 1. The molecule has 0 radical (unpaired) electrons. The van der Waals surface area contributed by atoms with E-state index >= 15 is 0 Å². The van der Waals surface area contributed by atoms with E-state index < -0.39 is 0 Å². The molecular weight excluding hydrogens is 218 g/mol. The Bertz CT molecular complexity index is 259. The van der Waals surface area contributed by atoms with Crippen LogP contribution < -0.4 is 5.32 Å². The summed E-state index contributed by atoms with van der Waals surface area (Å²) in [6, 6.07) is 0. The standard InChI is InChI=1S/C13H23NO3/c1-11(13(15)16-2)6-8-14-7-3-9-17-10-12-4-5-12/h6,12,14H,3-5,7-10H2,1-2H3. The average molecular weight is 241 g/mol. The summed E-state index contributed by atoms with van der Waals surface area (Å²) >= 11 is 0. The van der Waals surface area contributed by atoms with Gasteiger partial charge in [0.05, 0.1) is 7.11 Å². The maximum absolute atomic E-state index is 11.0. The monoisotopic (exact) mass is 241 g/mol. The van der Waals surface area contributed by atoms with E-state index in [1.807, 2.05) is 6.08 Å². The highest BCUT2D eigenvalue weighted by atomic mass is 16.5. The SMILES string of the molecule is COC(=O)C(C)=CCNCCCOCC1CC1. The van der Waals surface area contributed by atoms with Gasteiger partial charge >= 0.3 is 5.97 Å². The van der Waals surface area contributed by atoms with Crippen LogP contribution in [0.25, 0.3) is 0 Å². The Balaban J connectivity index is 1.87. The molecule has 1 N–H and O–H groups in total. The molecule has 1 aliphatic rings. The van der Waals surface area contributed by atoms with Crippen LogP contribution >= 0.6 is 0 Å². The lowest BCUT2D eigenvalue weighted by molar-refractivity contribution is -0.136. The van der Waals surface area contributed by atoms with Crippen molar-refractivity contribution in [2.75, 3.05) is 33.4 Å². The number of rotatable bonds is 9. The molecular formula is C13H23NO3. The second-order valence-electron chi connectivity index (χ2n) is 4.45. The van der Waals surface area contributed by atoms with E-state index in [9.17, 15) is 4.79 Å². The number of methoxy groups -OCH3 is 1. The molecule has 0 unspecified atom stereocenters. The van der Waals surface area contributed by atoms with Crippen LogP contribution in [-0.2, 0) is 14.3 Å². The van der Waals surface area contributed by atoms with Gasteiger partial charge in [0.1, 0.15) is 0 Å². The third-order valence-electron chi connectivity index (χ3n) is 2.75. The van der Waals surface area contributed by atoms with Gasteiger partial charge in [0.2, 0.25) is 0 Å². The van der Waals surface area contributed by atoms with Crippen molar-refractivity contribution in [2.45, 2.75) is 26.2 Å². The molecule has 0 atom stereocenters. The van der Waals surface area contributed by atoms with Crippen LogP contribution in [0, 0.1) is 5.92 Å². The Morgan fingerprint density at radius 1 is 1.47 bits per heavy atom. The number of esters is 1. The Morgan fingerprint density at radius 3 is 2.88 bits per heavy atom. The zero-order valence-electron chi connectivity index (χ0n) is 10.8. The Hall–Kier alpha value is -0.870. The summed E-state index contributed by atoms with van der Waals surface area (Å²) in [4.78, 5) is 11.0. The van der Waals surface area contributed by atoms with Crippen LogP contribution in [0.4, 0.5) is 0 Å². The van der Waals surface area contributed by atoms with Crippen molar-refractivity contribution in [1.29, 1.82) is 0 Å². The van der Waals surface area contributed by atoms with E-state index in [2.05, 4.69) is 10.1 Å². The third kappa shape index (κ3) is 7.13. The molecule has 0 aromatic heterocycles. The van der Waals surface area contributed by atoms with Gasteiger partial charge in [-0.25, -0.2) is 4.79 Å². The van der Waals surface area contributed by atoms with Gasteiger partial charge in [-0.05, 0) is 38.6 Å². The molecule has 1 rings (SSSR count). The predicted octanol–water partition coefficient (Wildman–Crippen LogP) is 1.51. The van der Waals surface area contributed by atoms with Crippen LogP contribution in [-0.4, -0.2) is 39.4 Å². The van der Waals surface area contributed by atoms with Crippen molar-refractivity contribution < 1.29 is 14.3 Å². The molecule has 0 saturated heterocycles. The fourth-order valence-electron chi connectivity index (χ4n) is 1.41. The van der Waals surface area contributed by atoms with Gasteiger partial charge in [0, 0.05) is 25.3 Å².